The van der Waals surface area contributed by atoms with Crippen LogP contribution in [0.1, 0.15) is 12.5 Å². The maximum atomic E-state index is 13.1. The predicted octanol–water partition coefficient (Wildman–Crippen LogP) is 2.11. The van der Waals surface area contributed by atoms with Crippen LogP contribution < -0.4 is 5.32 Å². The van der Waals surface area contributed by atoms with Crippen molar-refractivity contribution < 1.29 is 17.9 Å². The van der Waals surface area contributed by atoms with Crippen molar-refractivity contribution in [1.82, 2.24) is 24.5 Å². The molecule has 1 saturated heterocycles. The number of carbonyl (C=O) groups excluding carboxylic acids is 1. The molecule has 1 aromatic heterocycles. The van der Waals surface area contributed by atoms with Gasteiger partial charge in [0.25, 0.3) is 0 Å². The number of morpholine rings is 1. The van der Waals surface area contributed by atoms with Crippen LogP contribution >= 0.6 is 11.8 Å². The van der Waals surface area contributed by atoms with Crippen LogP contribution in [0.3, 0.4) is 0 Å². The van der Waals surface area contributed by atoms with E-state index in [-0.39, 0.29) is 10.8 Å². The van der Waals surface area contributed by atoms with E-state index in [0.29, 0.717) is 42.7 Å². The summed E-state index contributed by atoms with van der Waals surface area (Å²) < 4.78 is 34.4. The van der Waals surface area contributed by atoms with Gasteiger partial charge in [0.15, 0.2) is 0 Å². The number of nitrogens with one attached hydrogen (secondary N) is 1. The highest BCUT2D eigenvalue weighted by molar-refractivity contribution is 8.00. The Kier molecular flexibility index (Phi) is 7.08. The highest BCUT2D eigenvalue weighted by Gasteiger charge is 2.28. The van der Waals surface area contributed by atoms with Crippen LogP contribution in [0.2, 0.25) is 0 Å². The molecule has 1 atom stereocenters. The lowest BCUT2D eigenvalue weighted by Gasteiger charge is -2.27. The molecule has 1 fully saturated rings. The number of aryl methyl sites for hydroxylation is 1. The molecule has 0 spiro atoms. The monoisotopic (exact) mass is 488 g/mol. The fourth-order valence-electron chi connectivity index (χ4n) is 3.32. The number of thioether (sulfide) groups is 1. The molecular weight excluding hydrogens is 464 g/mol. The minimum Gasteiger partial charge on any atom is -0.379 e. The van der Waals surface area contributed by atoms with Crippen LogP contribution in [-0.4, -0.2) is 70.4 Å². The summed E-state index contributed by atoms with van der Waals surface area (Å²) in [5.74, 6) is -0.291. The van der Waals surface area contributed by atoms with Crippen molar-refractivity contribution in [1.29, 1.82) is 0 Å². The van der Waals surface area contributed by atoms with Crippen molar-refractivity contribution in [3.05, 3.63) is 54.1 Å². The van der Waals surface area contributed by atoms with Crippen molar-refractivity contribution >= 4 is 33.4 Å². The van der Waals surface area contributed by atoms with Crippen LogP contribution in [0.4, 0.5) is 5.69 Å². The SMILES string of the molecule is Cc1ccc(NC(=O)[C@H](C)Sc2nnnn2-c2ccccc2)cc1S(=O)(=O)N1CCOCC1. The summed E-state index contributed by atoms with van der Waals surface area (Å²) in [6.45, 7) is 4.83. The Hall–Kier alpha value is -2.80. The largest absolute Gasteiger partial charge is 0.379 e. The third-order valence-corrected chi connectivity index (χ3v) is 8.21. The number of tetrazole rings is 1. The lowest BCUT2D eigenvalue weighted by molar-refractivity contribution is -0.115. The standard InChI is InChI=1S/C21H24N6O4S2/c1-15-8-9-17(14-19(15)33(29,30)26-10-12-31-13-11-26)22-20(28)16(2)32-21-23-24-25-27(21)18-6-4-3-5-7-18/h3-9,14,16H,10-13H2,1-2H3,(H,22,28)/t16-/m0/s1. The van der Waals surface area contributed by atoms with Gasteiger partial charge in [0.1, 0.15) is 0 Å². The van der Waals surface area contributed by atoms with E-state index in [1.807, 2.05) is 30.3 Å². The number of amides is 1. The number of aromatic nitrogens is 4. The van der Waals surface area contributed by atoms with Gasteiger partial charge < -0.3 is 10.1 Å². The number of rotatable bonds is 7. The average molecular weight is 489 g/mol. The summed E-state index contributed by atoms with van der Waals surface area (Å²) in [6.07, 6.45) is 0. The molecule has 1 amide bonds. The zero-order chi connectivity index (χ0) is 23.4. The molecular formula is C21H24N6O4S2. The van der Waals surface area contributed by atoms with E-state index in [0.717, 1.165) is 5.69 Å². The van der Waals surface area contributed by atoms with Gasteiger partial charge in [-0.25, -0.2) is 8.42 Å². The van der Waals surface area contributed by atoms with Crippen LogP contribution in [0.15, 0.2) is 58.6 Å². The first-order valence-corrected chi connectivity index (χ1v) is 12.7. The number of sulfonamides is 1. The summed E-state index contributed by atoms with van der Waals surface area (Å²) in [7, 11) is -3.68. The molecule has 3 aromatic rings. The van der Waals surface area contributed by atoms with E-state index < -0.39 is 15.3 Å². The summed E-state index contributed by atoms with van der Waals surface area (Å²) in [5, 5.41) is 14.5. The molecule has 1 N–H and O–H groups in total. The Morgan fingerprint density at radius 2 is 1.88 bits per heavy atom. The molecule has 33 heavy (non-hydrogen) atoms. The Bertz CT molecular complexity index is 1230. The van der Waals surface area contributed by atoms with Crippen molar-refractivity contribution in [2.45, 2.75) is 29.1 Å². The fraction of sp³-hybridized carbons (Fsp3) is 0.333. The topological polar surface area (TPSA) is 119 Å². The second-order valence-corrected chi connectivity index (χ2v) is 10.7. The number of anilines is 1. The molecule has 0 radical (unpaired) electrons. The average Bonchev–Trinajstić information content (AvgIpc) is 3.29. The smallest absolute Gasteiger partial charge is 0.243 e. The number of para-hydroxylation sites is 1. The zero-order valence-electron chi connectivity index (χ0n) is 18.2. The summed E-state index contributed by atoms with van der Waals surface area (Å²) in [4.78, 5) is 13.0. The minimum atomic E-state index is -3.68. The fourth-order valence-corrected chi connectivity index (χ4v) is 5.79. The maximum absolute atomic E-state index is 13.1. The van der Waals surface area contributed by atoms with Crippen LogP contribution in [0.25, 0.3) is 5.69 Å². The number of ether oxygens (including phenoxy) is 1. The van der Waals surface area contributed by atoms with Crippen molar-refractivity contribution in [2.75, 3.05) is 31.6 Å². The number of hydrogen-bond acceptors (Lipinski definition) is 8. The molecule has 2 aromatic carbocycles. The second kappa shape index (κ2) is 10.00. The van der Waals surface area contributed by atoms with Gasteiger partial charge >= 0.3 is 0 Å². The van der Waals surface area contributed by atoms with Gasteiger partial charge in [-0.3, -0.25) is 4.79 Å². The normalized spacial score (nSPS) is 15.8. The van der Waals surface area contributed by atoms with Gasteiger partial charge in [-0.05, 0) is 54.1 Å². The van der Waals surface area contributed by atoms with E-state index in [1.54, 1.807) is 30.7 Å². The Morgan fingerprint density at radius 3 is 2.61 bits per heavy atom. The second-order valence-electron chi connectivity index (χ2n) is 7.45. The van der Waals surface area contributed by atoms with E-state index in [1.165, 1.54) is 22.1 Å². The predicted molar refractivity (Wildman–Crippen MR) is 124 cm³/mol. The van der Waals surface area contributed by atoms with Crippen LogP contribution in [-0.2, 0) is 19.6 Å². The number of nitrogens with zero attached hydrogens (tertiary/aromatic N) is 5. The molecule has 4 rings (SSSR count). The Balaban J connectivity index is 1.48. The molecule has 1 aliphatic heterocycles. The van der Waals surface area contributed by atoms with E-state index in [2.05, 4.69) is 20.8 Å². The van der Waals surface area contributed by atoms with E-state index in [9.17, 15) is 13.2 Å². The number of benzene rings is 2. The Labute approximate surface area is 196 Å². The lowest BCUT2D eigenvalue weighted by atomic mass is 10.2. The van der Waals surface area contributed by atoms with Gasteiger partial charge in [0.05, 0.1) is 29.0 Å². The highest BCUT2D eigenvalue weighted by Crippen LogP contribution is 2.27. The minimum absolute atomic E-state index is 0.176. The Morgan fingerprint density at radius 1 is 1.15 bits per heavy atom. The first-order valence-electron chi connectivity index (χ1n) is 10.4. The van der Waals surface area contributed by atoms with Gasteiger partial charge in [0, 0.05) is 18.8 Å². The molecule has 0 aliphatic carbocycles. The zero-order valence-corrected chi connectivity index (χ0v) is 19.8. The summed E-state index contributed by atoms with van der Waals surface area (Å²) in [5.41, 5.74) is 1.81. The maximum Gasteiger partial charge on any atom is 0.243 e. The molecule has 174 valence electrons. The summed E-state index contributed by atoms with van der Waals surface area (Å²) >= 11 is 1.21. The number of hydrogen-bond donors (Lipinski definition) is 1. The van der Waals surface area contributed by atoms with Crippen molar-refractivity contribution in [3.63, 3.8) is 0 Å². The summed E-state index contributed by atoms with van der Waals surface area (Å²) in [6, 6.07) is 14.3. The molecule has 10 nitrogen and oxygen atoms in total. The number of carbonyl (C=O) groups is 1. The molecule has 12 heteroatoms. The van der Waals surface area contributed by atoms with E-state index >= 15 is 0 Å². The quantitative estimate of drug-likeness (QED) is 0.502. The van der Waals surface area contributed by atoms with Gasteiger partial charge in [-0.1, -0.05) is 36.0 Å². The van der Waals surface area contributed by atoms with Gasteiger partial charge in [-0.15, -0.1) is 5.10 Å². The van der Waals surface area contributed by atoms with Gasteiger partial charge in [0.2, 0.25) is 21.1 Å². The molecule has 0 unspecified atom stereocenters. The third kappa shape index (κ3) is 5.24. The van der Waals surface area contributed by atoms with Gasteiger partial charge in [-0.2, -0.15) is 8.99 Å². The first kappa shape index (κ1) is 23.4. The van der Waals surface area contributed by atoms with Crippen LogP contribution in [0, 0.1) is 6.92 Å². The van der Waals surface area contributed by atoms with E-state index in [4.69, 9.17) is 4.74 Å². The first-order chi connectivity index (χ1) is 15.9. The van der Waals surface area contributed by atoms with Crippen molar-refractivity contribution in [3.8, 4) is 5.69 Å². The molecule has 2 heterocycles. The molecule has 1 aliphatic rings. The molecule has 0 saturated carbocycles. The van der Waals surface area contributed by atoms with Crippen molar-refractivity contribution in [2.24, 2.45) is 0 Å². The molecule has 0 bridgehead atoms. The lowest BCUT2D eigenvalue weighted by Crippen LogP contribution is -2.40. The third-order valence-electron chi connectivity index (χ3n) is 5.14. The van der Waals surface area contributed by atoms with Crippen LogP contribution in [0.5, 0.6) is 0 Å². The highest BCUT2D eigenvalue weighted by atomic mass is 32.2.